The molecule has 0 aliphatic heterocycles. The third-order valence-electron chi connectivity index (χ3n) is 5.27. The first-order valence-corrected chi connectivity index (χ1v) is 11.4. The summed E-state index contributed by atoms with van der Waals surface area (Å²) in [5.41, 5.74) is 2.82. The molecular formula is C28H30O6. The minimum atomic E-state index is -0.476. The van der Waals surface area contributed by atoms with Gasteiger partial charge in [0.15, 0.2) is 0 Å². The Morgan fingerprint density at radius 1 is 0.735 bits per heavy atom. The zero-order chi connectivity index (χ0) is 24.3. The van der Waals surface area contributed by atoms with Crippen molar-refractivity contribution < 1.29 is 28.5 Å². The first kappa shape index (κ1) is 25.0. The van der Waals surface area contributed by atoms with E-state index in [0.717, 1.165) is 29.7 Å². The van der Waals surface area contributed by atoms with Gasteiger partial charge < -0.3 is 18.9 Å². The molecule has 0 radical (unpaired) electrons. The van der Waals surface area contributed by atoms with Gasteiger partial charge in [-0.15, -0.1) is 0 Å². The molecule has 0 aromatic heterocycles. The monoisotopic (exact) mass is 462 g/mol. The average molecular weight is 463 g/mol. The summed E-state index contributed by atoms with van der Waals surface area (Å²) in [4.78, 5) is 24.7. The smallest absolute Gasteiger partial charge is 0.343 e. The van der Waals surface area contributed by atoms with Gasteiger partial charge in [-0.2, -0.15) is 0 Å². The van der Waals surface area contributed by atoms with Gasteiger partial charge in [-0.25, -0.2) is 9.59 Å². The highest BCUT2D eigenvalue weighted by Gasteiger charge is 2.13. The fraction of sp³-hybridized carbons (Fsp3) is 0.286. The molecule has 0 saturated heterocycles. The number of esters is 2. The van der Waals surface area contributed by atoms with Crippen LogP contribution in [0.2, 0.25) is 0 Å². The van der Waals surface area contributed by atoms with Crippen molar-refractivity contribution in [3.8, 4) is 22.6 Å². The topological polar surface area (TPSA) is 71.1 Å². The number of hydrogen-bond donors (Lipinski definition) is 0. The molecule has 34 heavy (non-hydrogen) atoms. The Labute approximate surface area is 200 Å². The normalized spacial score (nSPS) is 11.5. The van der Waals surface area contributed by atoms with E-state index in [1.165, 1.54) is 0 Å². The van der Waals surface area contributed by atoms with Crippen LogP contribution in [0.1, 0.15) is 47.4 Å². The number of carbonyl (C=O) groups is 2. The first-order chi connectivity index (χ1) is 16.5. The zero-order valence-electron chi connectivity index (χ0n) is 19.8. The average Bonchev–Trinajstić information content (AvgIpc) is 2.88. The summed E-state index contributed by atoms with van der Waals surface area (Å²) in [6.45, 7) is 4.91. The van der Waals surface area contributed by atoms with E-state index in [1.807, 2.05) is 43.3 Å². The number of hydrogen-bond acceptors (Lipinski definition) is 6. The second kappa shape index (κ2) is 12.6. The van der Waals surface area contributed by atoms with Crippen LogP contribution < -0.4 is 9.47 Å². The molecule has 1 unspecified atom stereocenters. The highest BCUT2D eigenvalue weighted by Crippen LogP contribution is 2.23. The Morgan fingerprint density at radius 3 is 1.82 bits per heavy atom. The Hall–Kier alpha value is -3.64. The number of carbonyl (C=O) groups excluding carboxylic acids is 2. The van der Waals surface area contributed by atoms with E-state index < -0.39 is 11.9 Å². The standard InChI is InChI=1S/C28H30O6/c1-4-18-32-25-14-10-21(11-15-25)20-6-8-23(9-7-20)28(30)34-26-16-12-22(13-17-26)27(29)33-19-24(5-2)31-3/h6-17,24H,4-5,18-19H2,1-3H3. The fourth-order valence-corrected chi connectivity index (χ4v) is 3.19. The molecule has 0 aliphatic carbocycles. The minimum absolute atomic E-state index is 0.130. The van der Waals surface area contributed by atoms with E-state index in [1.54, 1.807) is 43.5 Å². The van der Waals surface area contributed by atoms with E-state index in [0.29, 0.717) is 23.5 Å². The van der Waals surface area contributed by atoms with Crippen LogP contribution in [-0.2, 0) is 9.47 Å². The lowest BCUT2D eigenvalue weighted by Gasteiger charge is -2.13. The van der Waals surface area contributed by atoms with Crippen molar-refractivity contribution in [3.05, 3.63) is 83.9 Å². The summed E-state index contributed by atoms with van der Waals surface area (Å²) in [6, 6.07) is 21.3. The van der Waals surface area contributed by atoms with E-state index >= 15 is 0 Å². The van der Waals surface area contributed by atoms with Gasteiger partial charge in [-0.05, 0) is 72.5 Å². The maximum atomic E-state index is 12.5. The lowest BCUT2D eigenvalue weighted by molar-refractivity contribution is 0.00972. The molecule has 0 bridgehead atoms. The Balaban J connectivity index is 1.56. The van der Waals surface area contributed by atoms with Crippen LogP contribution in [0.15, 0.2) is 72.8 Å². The third-order valence-corrected chi connectivity index (χ3v) is 5.27. The second-order valence-corrected chi connectivity index (χ2v) is 7.73. The molecule has 3 aromatic rings. The lowest BCUT2D eigenvalue weighted by Crippen LogP contribution is -2.20. The van der Waals surface area contributed by atoms with Crippen LogP contribution in [0.4, 0.5) is 0 Å². The molecule has 178 valence electrons. The highest BCUT2D eigenvalue weighted by molar-refractivity contribution is 5.92. The number of benzene rings is 3. The van der Waals surface area contributed by atoms with Crippen LogP contribution in [0.25, 0.3) is 11.1 Å². The summed E-state index contributed by atoms with van der Waals surface area (Å²) < 4.78 is 21.5. The fourth-order valence-electron chi connectivity index (χ4n) is 3.19. The molecule has 3 rings (SSSR count). The molecule has 0 spiro atoms. The lowest BCUT2D eigenvalue weighted by atomic mass is 10.0. The van der Waals surface area contributed by atoms with Gasteiger partial charge in [0.1, 0.15) is 18.1 Å². The van der Waals surface area contributed by atoms with Gasteiger partial charge in [0.25, 0.3) is 0 Å². The van der Waals surface area contributed by atoms with Crippen LogP contribution in [-0.4, -0.2) is 38.4 Å². The molecule has 0 fully saturated rings. The summed E-state index contributed by atoms with van der Waals surface area (Å²) in [5, 5.41) is 0. The van der Waals surface area contributed by atoms with Crippen LogP contribution in [0.5, 0.6) is 11.5 Å². The molecule has 0 aliphatic rings. The quantitative estimate of drug-likeness (QED) is 0.259. The highest BCUT2D eigenvalue weighted by atomic mass is 16.6. The van der Waals surface area contributed by atoms with Crippen molar-refractivity contribution in [2.75, 3.05) is 20.3 Å². The van der Waals surface area contributed by atoms with Crippen LogP contribution in [0, 0.1) is 0 Å². The van der Waals surface area contributed by atoms with E-state index in [-0.39, 0.29) is 12.7 Å². The summed E-state index contributed by atoms with van der Waals surface area (Å²) in [7, 11) is 1.58. The molecular weight excluding hydrogens is 432 g/mol. The van der Waals surface area contributed by atoms with E-state index in [4.69, 9.17) is 18.9 Å². The van der Waals surface area contributed by atoms with Crippen molar-refractivity contribution in [3.63, 3.8) is 0 Å². The summed E-state index contributed by atoms with van der Waals surface area (Å²) in [5.74, 6) is 0.256. The van der Waals surface area contributed by atoms with Crippen molar-refractivity contribution in [1.29, 1.82) is 0 Å². The number of rotatable bonds is 11. The SMILES string of the molecule is CCCOc1ccc(-c2ccc(C(=O)Oc3ccc(C(=O)OCC(CC)OC)cc3)cc2)cc1. The minimum Gasteiger partial charge on any atom is -0.494 e. The molecule has 1 atom stereocenters. The summed E-state index contributed by atoms with van der Waals surface area (Å²) >= 11 is 0. The van der Waals surface area contributed by atoms with Crippen LogP contribution in [0.3, 0.4) is 0 Å². The predicted molar refractivity (Wildman–Crippen MR) is 130 cm³/mol. The van der Waals surface area contributed by atoms with Crippen LogP contribution >= 0.6 is 0 Å². The molecule has 6 heteroatoms. The Morgan fingerprint density at radius 2 is 1.26 bits per heavy atom. The summed E-state index contributed by atoms with van der Waals surface area (Å²) in [6.07, 6.45) is 1.58. The predicted octanol–water partition coefficient (Wildman–Crippen LogP) is 5.94. The zero-order valence-corrected chi connectivity index (χ0v) is 19.8. The Kier molecular flexibility index (Phi) is 9.23. The maximum absolute atomic E-state index is 12.5. The van der Waals surface area contributed by atoms with Crippen molar-refractivity contribution in [2.45, 2.75) is 32.8 Å². The van der Waals surface area contributed by atoms with Gasteiger partial charge in [-0.1, -0.05) is 38.1 Å². The first-order valence-electron chi connectivity index (χ1n) is 11.4. The largest absolute Gasteiger partial charge is 0.494 e. The van der Waals surface area contributed by atoms with Gasteiger partial charge >= 0.3 is 11.9 Å². The molecule has 0 saturated carbocycles. The van der Waals surface area contributed by atoms with Gasteiger partial charge in [-0.3, -0.25) is 0 Å². The van der Waals surface area contributed by atoms with Crippen molar-refractivity contribution >= 4 is 11.9 Å². The molecule has 3 aromatic carbocycles. The molecule has 0 amide bonds. The maximum Gasteiger partial charge on any atom is 0.343 e. The van der Waals surface area contributed by atoms with Gasteiger partial charge in [0.05, 0.1) is 23.8 Å². The van der Waals surface area contributed by atoms with Gasteiger partial charge in [0, 0.05) is 7.11 Å². The second-order valence-electron chi connectivity index (χ2n) is 7.73. The molecule has 6 nitrogen and oxygen atoms in total. The number of methoxy groups -OCH3 is 1. The van der Waals surface area contributed by atoms with E-state index in [2.05, 4.69) is 6.92 Å². The number of ether oxygens (including phenoxy) is 4. The molecule has 0 N–H and O–H groups in total. The van der Waals surface area contributed by atoms with E-state index in [9.17, 15) is 9.59 Å². The third kappa shape index (κ3) is 6.93. The Bertz CT molecular complexity index is 1050. The van der Waals surface area contributed by atoms with Crippen molar-refractivity contribution in [1.82, 2.24) is 0 Å². The van der Waals surface area contributed by atoms with Gasteiger partial charge in [0.2, 0.25) is 0 Å². The molecule has 0 heterocycles. The van der Waals surface area contributed by atoms with Crippen molar-refractivity contribution in [2.24, 2.45) is 0 Å².